The lowest BCUT2D eigenvalue weighted by molar-refractivity contribution is 0.322. The van der Waals surface area contributed by atoms with Crippen LogP contribution in [0.5, 0.6) is 5.75 Å². The molecule has 0 saturated heterocycles. The number of hydrogen-bond donors (Lipinski definition) is 1. The van der Waals surface area contributed by atoms with Crippen LogP contribution in [0.15, 0.2) is 18.2 Å². The lowest BCUT2D eigenvalue weighted by atomic mass is 10.3. The molecule has 0 radical (unpaired) electrons. The number of fused-ring (bicyclic) bond motifs is 1. The Balaban J connectivity index is 2.42. The van der Waals surface area contributed by atoms with Gasteiger partial charge in [0.15, 0.2) is 0 Å². The third-order valence-corrected chi connectivity index (χ3v) is 1.86. The molecule has 12 heavy (non-hydrogen) atoms. The van der Waals surface area contributed by atoms with E-state index in [9.17, 15) is 4.39 Å². The van der Waals surface area contributed by atoms with Crippen LogP contribution in [0.4, 0.5) is 10.1 Å². The quantitative estimate of drug-likeness (QED) is 0.638. The van der Waals surface area contributed by atoms with Crippen LogP contribution in [-0.2, 0) is 0 Å². The van der Waals surface area contributed by atoms with Gasteiger partial charge in [0.2, 0.25) is 0 Å². The van der Waals surface area contributed by atoms with Gasteiger partial charge in [0.25, 0.3) is 0 Å². The number of anilines is 1. The third-order valence-electron chi connectivity index (χ3n) is 1.86. The minimum Gasteiger partial charge on any atom is -0.491 e. The van der Waals surface area contributed by atoms with Gasteiger partial charge in [-0.15, -0.1) is 0 Å². The molecule has 0 atom stereocenters. The van der Waals surface area contributed by atoms with Crippen molar-refractivity contribution in [3.8, 4) is 5.75 Å². The van der Waals surface area contributed by atoms with Gasteiger partial charge >= 0.3 is 0 Å². The molecular weight excluding hydrogens is 157 g/mol. The summed E-state index contributed by atoms with van der Waals surface area (Å²) in [5.41, 5.74) is 0.495. The van der Waals surface area contributed by atoms with E-state index in [1.54, 1.807) is 12.1 Å². The van der Waals surface area contributed by atoms with Crippen LogP contribution in [-0.4, -0.2) is 13.2 Å². The van der Waals surface area contributed by atoms with Crippen molar-refractivity contribution < 1.29 is 9.13 Å². The Labute approximate surface area is 70.3 Å². The standard InChI is InChI=1S/C9H10FNO/c10-7-3-1-4-8-9(7)11-5-2-6-12-8/h1,3-4,11H,2,5-6H2. The Hall–Kier alpha value is -1.25. The van der Waals surface area contributed by atoms with E-state index < -0.39 is 0 Å². The Kier molecular flexibility index (Phi) is 1.86. The first kappa shape index (κ1) is 7.40. The maximum Gasteiger partial charge on any atom is 0.150 e. The Bertz CT molecular complexity index is 288. The molecule has 2 rings (SSSR count). The summed E-state index contributed by atoms with van der Waals surface area (Å²) < 4.78 is 18.4. The van der Waals surface area contributed by atoms with Crippen molar-refractivity contribution in [2.24, 2.45) is 0 Å². The SMILES string of the molecule is Fc1cccc2c1NCCCO2. The monoisotopic (exact) mass is 167 g/mol. The molecule has 0 unspecified atom stereocenters. The highest BCUT2D eigenvalue weighted by Crippen LogP contribution is 2.28. The van der Waals surface area contributed by atoms with Gasteiger partial charge in [0.1, 0.15) is 17.3 Å². The normalized spacial score (nSPS) is 15.4. The molecule has 64 valence electrons. The van der Waals surface area contributed by atoms with Crippen molar-refractivity contribution >= 4 is 5.69 Å². The first-order valence-electron chi connectivity index (χ1n) is 4.03. The number of benzene rings is 1. The molecule has 1 aromatic rings. The second-order valence-electron chi connectivity index (χ2n) is 2.74. The first-order valence-corrected chi connectivity index (χ1v) is 4.03. The van der Waals surface area contributed by atoms with E-state index in [0.717, 1.165) is 13.0 Å². The van der Waals surface area contributed by atoms with Crippen molar-refractivity contribution in [3.63, 3.8) is 0 Å². The van der Waals surface area contributed by atoms with Gasteiger partial charge in [0.05, 0.1) is 6.61 Å². The Morgan fingerprint density at radius 2 is 2.33 bits per heavy atom. The summed E-state index contributed by atoms with van der Waals surface area (Å²) in [6, 6.07) is 4.86. The maximum absolute atomic E-state index is 13.1. The van der Waals surface area contributed by atoms with Crippen molar-refractivity contribution in [1.29, 1.82) is 0 Å². The first-order chi connectivity index (χ1) is 5.88. The van der Waals surface area contributed by atoms with Gasteiger partial charge in [-0.2, -0.15) is 0 Å². The molecule has 0 aromatic heterocycles. The van der Waals surface area contributed by atoms with E-state index >= 15 is 0 Å². The molecule has 0 saturated carbocycles. The van der Waals surface area contributed by atoms with Gasteiger partial charge in [-0.25, -0.2) is 4.39 Å². The summed E-state index contributed by atoms with van der Waals surface area (Å²) in [5.74, 6) is 0.377. The molecule has 1 N–H and O–H groups in total. The second kappa shape index (κ2) is 3.01. The van der Waals surface area contributed by atoms with Gasteiger partial charge in [0, 0.05) is 6.54 Å². The molecule has 3 heteroatoms. The zero-order valence-corrected chi connectivity index (χ0v) is 6.64. The van der Waals surface area contributed by atoms with Gasteiger partial charge in [-0.3, -0.25) is 0 Å². The lowest BCUT2D eigenvalue weighted by Gasteiger charge is -2.07. The molecule has 0 bridgehead atoms. The minimum atomic E-state index is -0.241. The zero-order valence-electron chi connectivity index (χ0n) is 6.64. The van der Waals surface area contributed by atoms with Crippen LogP contribution in [0, 0.1) is 5.82 Å². The summed E-state index contributed by atoms with van der Waals surface area (Å²) in [7, 11) is 0. The smallest absolute Gasteiger partial charge is 0.150 e. The second-order valence-corrected chi connectivity index (χ2v) is 2.74. The fourth-order valence-electron chi connectivity index (χ4n) is 1.26. The van der Waals surface area contributed by atoms with Crippen molar-refractivity contribution in [2.45, 2.75) is 6.42 Å². The van der Waals surface area contributed by atoms with Crippen LogP contribution >= 0.6 is 0 Å². The zero-order chi connectivity index (χ0) is 8.39. The van der Waals surface area contributed by atoms with Gasteiger partial charge in [-0.1, -0.05) is 6.07 Å². The molecule has 1 aromatic carbocycles. The van der Waals surface area contributed by atoms with Crippen LogP contribution in [0.2, 0.25) is 0 Å². The highest BCUT2D eigenvalue weighted by Gasteiger charge is 2.11. The van der Waals surface area contributed by atoms with E-state index in [2.05, 4.69) is 5.32 Å². The van der Waals surface area contributed by atoms with Crippen LogP contribution in [0.25, 0.3) is 0 Å². The molecule has 1 aliphatic rings. The van der Waals surface area contributed by atoms with Crippen molar-refractivity contribution in [2.75, 3.05) is 18.5 Å². The molecule has 1 aliphatic heterocycles. The number of hydrogen-bond acceptors (Lipinski definition) is 2. The molecule has 2 nitrogen and oxygen atoms in total. The fraction of sp³-hybridized carbons (Fsp3) is 0.333. The Morgan fingerprint density at radius 1 is 1.42 bits per heavy atom. The predicted octanol–water partition coefficient (Wildman–Crippen LogP) is 2.02. The van der Waals surface area contributed by atoms with Crippen LogP contribution in [0.1, 0.15) is 6.42 Å². The number of ether oxygens (including phenoxy) is 1. The molecule has 0 aliphatic carbocycles. The van der Waals surface area contributed by atoms with Crippen LogP contribution in [0.3, 0.4) is 0 Å². The fourth-order valence-corrected chi connectivity index (χ4v) is 1.26. The Morgan fingerprint density at radius 3 is 3.25 bits per heavy atom. The summed E-state index contributed by atoms with van der Waals surface area (Å²) in [6.45, 7) is 1.43. The minimum absolute atomic E-state index is 0.241. The third kappa shape index (κ3) is 1.22. The van der Waals surface area contributed by atoms with E-state index in [4.69, 9.17) is 4.74 Å². The summed E-state index contributed by atoms with van der Waals surface area (Å²) in [4.78, 5) is 0. The summed E-state index contributed by atoms with van der Waals surface area (Å²) in [6.07, 6.45) is 0.911. The molecule has 0 fully saturated rings. The largest absolute Gasteiger partial charge is 0.491 e. The maximum atomic E-state index is 13.1. The van der Waals surface area contributed by atoms with E-state index in [1.165, 1.54) is 6.07 Å². The number of para-hydroxylation sites is 1. The molecule has 0 spiro atoms. The summed E-state index contributed by atoms with van der Waals surface area (Å²) in [5, 5.41) is 2.99. The van der Waals surface area contributed by atoms with Crippen molar-refractivity contribution in [3.05, 3.63) is 24.0 Å². The predicted molar refractivity (Wildman–Crippen MR) is 45.0 cm³/mol. The highest BCUT2D eigenvalue weighted by atomic mass is 19.1. The van der Waals surface area contributed by atoms with Gasteiger partial charge < -0.3 is 10.1 Å². The average Bonchev–Trinajstić information content (AvgIpc) is 2.30. The topological polar surface area (TPSA) is 21.3 Å². The number of rotatable bonds is 0. The van der Waals surface area contributed by atoms with Crippen LogP contribution < -0.4 is 10.1 Å². The van der Waals surface area contributed by atoms with E-state index in [1.807, 2.05) is 0 Å². The highest BCUT2D eigenvalue weighted by molar-refractivity contribution is 5.57. The molecule has 0 amide bonds. The molecule has 1 heterocycles. The average molecular weight is 167 g/mol. The number of halogens is 1. The van der Waals surface area contributed by atoms with E-state index in [0.29, 0.717) is 18.0 Å². The summed E-state index contributed by atoms with van der Waals surface area (Å²) >= 11 is 0. The van der Waals surface area contributed by atoms with Gasteiger partial charge in [-0.05, 0) is 18.6 Å². The number of nitrogens with one attached hydrogen (secondary N) is 1. The van der Waals surface area contributed by atoms with E-state index in [-0.39, 0.29) is 5.82 Å². The van der Waals surface area contributed by atoms with Crippen molar-refractivity contribution in [1.82, 2.24) is 0 Å². The molecular formula is C9H10FNO. The lowest BCUT2D eigenvalue weighted by Crippen LogP contribution is -2.01.